The highest BCUT2D eigenvalue weighted by atomic mass is 35.7. The summed E-state index contributed by atoms with van der Waals surface area (Å²) in [6, 6.07) is 2.96. The summed E-state index contributed by atoms with van der Waals surface area (Å²) >= 11 is 0. The van der Waals surface area contributed by atoms with Crippen molar-refractivity contribution in [1.82, 2.24) is 0 Å². The molecule has 0 saturated heterocycles. The van der Waals surface area contributed by atoms with Crippen LogP contribution in [0.2, 0.25) is 0 Å². The van der Waals surface area contributed by atoms with Gasteiger partial charge in [-0.2, -0.15) is 0 Å². The van der Waals surface area contributed by atoms with Crippen LogP contribution in [0.5, 0.6) is 5.75 Å². The van der Waals surface area contributed by atoms with E-state index < -0.39 is 20.6 Å². The van der Waals surface area contributed by atoms with E-state index in [4.69, 9.17) is 15.4 Å². The summed E-state index contributed by atoms with van der Waals surface area (Å²) in [7, 11) is 1.34. The third-order valence-corrected chi connectivity index (χ3v) is 3.20. The number of rotatable bonds is 2. The van der Waals surface area contributed by atoms with Crippen molar-refractivity contribution in [3.63, 3.8) is 0 Å². The molecule has 0 atom stereocenters. The van der Waals surface area contributed by atoms with Crippen molar-refractivity contribution in [2.45, 2.75) is 12.2 Å². The third-order valence-electron chi connectivity index (χ3n) is 2.22. The number of fused-ring (bicyclic) bond motifs is 1. The smallest absolute Gasteiger partial charge is 0.236 e. The van der Waals surface area contributed by atoms with Gasteiger partial charge in [-0.25, -0.2) is 12.8 Å². The van der Waals surface area contributed by atoms with Crippen LogP contribution in [0.25, 0.3) is 0 Å². The summed E-state index contributed by atoms with van der Waals surface area (Å²) in [5.41, 5.74) is 0.530. The van der Waals surface area contributed by atoms with Gasteiger partial charge in [-0.3, -0.25) is 0 Å². The van der Waals surface area contributed by atoms with Gasteiger partial charge in [-0.05, 0) is 6.07 Å². The largest absolute Gasteiger partial charge is 0.493 e. The van der Waals surface area contributed by atoms with Crippen molar-refractivity contribution in [3.05, 3.63) is 29.1 Å². The Kier molecular flexibility index (Phi) is 2.60. The molecule has 0 aliphatic carbocycles. The standard InChI is InChI=1S/C9H8ClFO3S/c10-15(12,13)5-6-1-2-8-7(9(6)11)3-4-14-8/h1-2H,3-5H2. The fourth-order valence-electron chi connectivity index (χ4n) is 1.58. The summed E-state index contributed by atoms with van der Waals surface area (Å²) in [5, 5.41) is 0. The predicted molar refractivity (Wildman–Crippen MR) is 54.1 cm³/mol. The zero-order chi connectivity index (χ0) is 11.1. The Morgan fingerprint density at radius 2 is 2.20 bits per heavy atom. The van der Waals surface area contributed by atoms with Crippen LogP contribution < -0.4 is 4.74 Å². The van der Waals surface area contributed by atoms with E-state index in [1.807, 2.05) is 0 Å². The van der Waals surface area contributed by atoms with Gasteiger partial charge in [0.1, 0.15) is 11.6 Å². The Bertz CT molecular complexity index is 498. The maximum Gasteiger partial charge on any atom is 0.236 e. The Labute approximate surface area is 91.2 Å². The molecule has 15 heavy (non-hydrogen) atoms. The first kappa shape index (κ1) is 10.7. The minimum Gasteiger partial charge on any atom is -0.493 e. The molecule has 3 nitrogen and oxygen atoms in total. The monoisotopic (exact) mass is 250 g/mol. The van der Waals surface area contributed by atoms with E-state index in [2.05, 4.69) is 0 Å². The zero-order valence-corrected chi connectivity index (χ0v) is 9.24. The average molecular weight is 251 g/mol. The predicted octanol–water partition coefficient (Wildman–Crippen LogP) is 1.83. The topological polar surface area (TPSA) is 43.4 Å². The normalized spacial score (nSPS) is 14.8. The van der Waals surface area contributed by atoms with Gasteiger partial charge in [0.15, 0.2) is 0 Å². The molecule has 0 amide bonds. The lowest BCUT2D eigenvalue weighted by atomic mass is 10.1. The van der Waals surface area contributed by atoms with E-state index in [0.29, 0.717) is 24.3 Å². The van der Waals surface area contributed by atoms with E-state index in [9.17, 15) is 12.8 Å². The lowest BCUT2D eigenvalue weighted by molar-refractivity contribution is 0.357. The molecule has 0 aromatic heterocycles. The molecule has 0 unspecified atom stereocenters. The summed E-state index contributed by atoms with van der Waals surface area (Å²) in [5.74, 6) is -0.523. The maximum absolute atomic E-state index is 13.7. The molecule has 6 heteroatoms. The summed E-state index contributed by atoms with van der Waals surface area (Å²) in [6.07, 6.45) is 0.470. The summed E-state index contributed by atoms with van der Waals surface area (Å²) < 4.78 is 40.5. The molecule has 82 valence electrons. The SMILES string of the molecule is O=S(=O)(Cl)Cc1ccc2c(c1F)CCO2. The van der Waals surface area contributed by atoms with E-state index in [0.717, 1.165) is 0 Å². The Morgan fingerprint density at radius 3 is 2.87 bits per heavy atom. The van der Waals surface area contributed by atoms with Gasteiger partial charge in [0.2, 0.25) is 9.05 Å². The highest BCUT2D eigenvalue weighted by Gasteiger charge is 2.21. The Hall–Kier alpha value is -0.810. The first-order valence-electron chi connectivity index (χ1n) is 4.33. The van der Waals surface area contributed by atoms with E-state index >= 15 is 0 Å². The quantitative estimate of drug-likeness (QED) is 0.752. The summed E-state index contributed by atoms with van der Waals surface area (Å²) in [6.45, 7) is 0.434. The molecule has 1 aromatic carbocycles. The number of ether oxygens (including phenoxy) is 1. The molecule has 1 aliphatic rings. The van der Waals surface area contributed by atoms with Crippen molar-refractivity contribution in [1.29, 1.82) is 0 Å². The highest BCUT2D eigenvalue weighted by Crippen LogP contribution is 2.30. The Balaban J connectivity index is 2.43. The number of hydrogen-bond donors (Lipinski definition) is 0. The van der Waals surface area contributed by atoms with E-state index in [-0.39, 0.29) is 5.56 Å². The number of benzene rings is 1. The van der Waals surface area contributed by atoms with Crippen molar-refractivity contribution in [3.8, 4) is 5.75 Å². The van der Waals surface area contributed by atoms with Crippen molar-refractivity contribution in [2.24, 2.45) is 0 Å². The molecular formula is C9H8ClFO3S. The lowest BCUT2D eigenvalue weighted by Crippen LogP contribution is -2.00. The van der Waals surface area contributed by atoms with Crippen LogP contribution in [0, 0.1) is 5.82 Å². The van der Waals surface area contributed by atoms with Gasteiger partial charge in [-0.15, -0.1) is 0 Å². The molecule has 0 saturated carbocycles. The average Bonchev–Trinajstić information content (AvgIpc) is 2.56. The van der Waals surface area contributed by atoms with Crippen molar-refractivity contribution in [2.75, 3.05) is 6.61 Å². The van der Waals surface area contributed by atoms with Crippen LogP contribution in [0.4, 0.5) is 4.39 Å². The lowest BCUT2D eigenvalue weighted by Gasteiger charge is -2.04. The molecule has 2 rings (SSSR count). The zero-order valence-electron chi connectivity index (χ0n) is 7.66. The fourth-order valence-corrected chi connectivity index (χ4v) is 2.53. The second-order valence-electron chi connectivity index (χ2n) is 3.30. The molecule has 1 aliphatic heterocycles. The van der Waals surface area contributed by atoms with Crippen LogP contribution in [0.15, 0.2) is 12.1 Å². The minimum atomic E-state index is -3.73. The molecule has 0 N–H and O–H groups in total. The van der Waals surface area contributed by atoms with Crippen LogP contribution >= 0.6 is 10.7 Å². The second kappa shape index (κ2) is 3.64. The molecule has 1 aromatic rings. The fraction of sp³-hybridized carbons (Fsp3) is 0.333. The first-order chi connectivity index (χ1) is 6.97. The first-order valence-corrected chi connectivity index (χ1v) is 6.80. The van der Waals surface area contributed by atoms with Crippen LogP contribution in [-0.2, 0) is 21.2 Å². The molecule has 0 bridgehead atoms. The van der Waals surface area contributed by atoms with Gasteiger partial charge in [0, 0.05) is 28.2 Å². The molecule has 0 fully saturated rings. The number of halogens is 2. The van der Waals surface area contributed by atoms with Gasteiger partial charge >= 0.3 is 0 Å². The van der Waals surface area contributed by atoms with Crippen LogP contribution in [0.3, 0.4) is 0 Å². The van der Waals surface area contributed by atoms with Gasteiger partial charge in [0.05, 0.1) is 12.4 Å². The minimum absolute atomic E-state index is 0.0919. The van der Waals surface area contributed by atoms with Crippen molar-refractivity contribution >= 4 is 19.7 Å². The molecule has 0 radical (unpaired) electrons. The second-order valence-corrected chi connectivity index (χ2v) is 6.07. The van der Waals surface area contributed by atoms with Gasteiger partial charge in [-0.1, -0.05) is 6.07 Å². The third kappa shape index (κ3) is 2.23. The maximum atomic E-state index is 13.7. The van der Waals surface area contributed by atoms with E-state index in [1.54, 1.807) is 6.07 Å². The molecule has 0 spiro atoms. The number of hydrogen-bond acceptors (Lipinski definition) is 3. The Morgan fingerprint density at radius 1 is 1.47 bits per heavy atom. The van der Waals surface area contributed by atoms with Gasteiger partial charge < -0.3 is 4.74 Å². The molecular weight excluding hydrogens is 243 g/mol. The molecule has 1 heterocycles. The van der Waals surface area contributed by atoms with Crippen LogP contribution in [-0.4, -0.2) is 15.0 Å². The van der Waals surface area contributed by atoms with E-state index in [1.165, 1.54) is 6.07 Å². The van der Waals surface area contributed by atoms with Crippen molar-refractivity contribution < 1.29 is 17.5 Å². The summed E-state index contributed by atoms with van der Waals surface area (Å²) in [4.78, 5) is 0. The highest BCUT2D eigenvalue weighted by molar-refractivity contribution is 8.13. The van der Waals surface area contributed by atoms with Gasteiger partial charge in [0.25, 0.3) is 0 Å². The van der Waals surface area contributed by atoms with Crippen LogP contribution in [0.1, 0.15) is 11.1 Å².